The molecule has 0 aliphatic carbocycles. The van der Waals surface area contributed by atoms with E-state index < -0.39 is 5.60 Å². The van der Waals surface area contributed by atoms with E-state index >= 15 is 0 Å². The van der Waals surface area contributed by atoms with Crippen LogP contribution in [0.25, 0.3) is 0 Å². The molecule has 3 heteroatoms. The molecule has 0 bridgehead atoms. The quantitative estimate of drug-likeness (QED) is 0.724. The third-order valence-corrected chi connectivity index (χ3v) is 3.93. The van der Waals surface area contributed by atoms with E-state index in [1.54, 1.807) is 0 Å². The number of nitriles is 1. The maximum atomic E-state index is 10.4. The van der Waals surface area contributed by atoms with Crippen LogP contribution in [0.1, 0.15) is 25.5 Å². The average molecular weight is 230 g/mol. The van der Waals surface area contributed by atoms with Gasteiger partial charge in [0.25, 0.3) is 0 Å². The molecule has 4 atom stereocenters. The number of aliphatic hydroxyl groups is 1. The van der Waals surface area contributed by atoms with E-state index in [1.165, 1.54) is 0 Å². The number of nitrogens with zero attached hydrogens (tertiary/aromatic N) is 1. The molecule has 2 N–H and O–H groups in total. The zero-order chi connectivity index (χ0) is 12.5. The van der Waals surface area contributed by atoms with Crippen molar-refractivity contribution < 1.29 is 5.11 Å². The van der Waals surface area contributed by atoms with Crippen molar-refractivity contribution in [3.05, 3.63) is 35.9 Å². The molecule has 2 rings (SSSR count). The predicted molar refractivity (Wildman–Crippen MR) is 66.1 cm³/mol. The number of hydrogen-bond acceptors (Lipinski definition) is 3. The Balaban J connectivity index is 2.31. The van der Waals surface area contributed by atoms with Crippen LogP contribution in [0.2, 0.25) is 0 Å². The highest BCUT2D eigenvalue weighted by Gasteiger charge is 2.47. The first-order valence-electron chi connectivity index (χ1n) is 6.01. The van der Waals surface area contributed by atoms with Gasteiger partial charge in [-0.1, -0.05) is 44.2 Å². The molecule has 1 aliphatic rings. The standard InChI is InChI=1S/C14H18N2O/c1-10-8-16-13(11(2)14(10,17)9-15)12-6-4-3-5-7-12/h3-7,10-11,13,16-17H,8H2,1-2H3/t10-,11+,13+,14-/m1/s1. The molecular formula is C14H18N2O. The molecule has 0 radical (unpaired) electrons. The molecule has 17 heavy (non-hydrogen) atoms. The van der Waals surface area contributed by atoms with Crippen LogP contribution >= 0.6 is 0 Å². The van der Waals surface area contributed by atoms with Crippen LogP contribution in [0.4, 0.5) is 0 Å². The molecule has 0 aromatic heterocycles. The van der Waals surface area contributed by atoms with Gasteiger partial charge < -0.3 is 10.4 Å². The first-order valence-corrected chi connectivity index (χ1v) is 6.01. The van der Waals surface area contributed by atoms with Crippen LogP contribution in [0.5, 0.6) is 0 Å². The maximum absolute atomic E-state index is 10.4. The Kier molecular flexibility index (Phi) is 3.19. The highest BCUT2D eigenvalue weighted by molar-refractivity contribution is 5.24. The summed E-state index contributed by atoms with van der Waals surface area (Å²) in [5.41, 5.74) is -0.119. The molecule has 0 unspecified atom stereocenters. The Hall–Kier alpha value is -1.37. The zero-order valence-corrected chi connectivity index (χ0v) is 10.2. The lowest BCUT2D eigenvalue weighted by atomic mass is 9.71. The third-order valence-electron chi connectivity index (χ3n) is 3.93. The minimum atomic E-state index is -1.24. The summed E-state index contributed by atoms with van der Waals surface area (Å²) in [6, 6.07) is 12.1. The van der Waals surface area contributed by atoms with Crippen molar-refractivity contribution >= 4 is 0 Å². The average Bonchev–Trinajstić information content (AvgIpc) is 2.37. The Morgan fingerprint density at radius 2 is 2.00 bits per heavy atom. The lowest BCUT2D eigenvalue weighted by molar-refractivity contribution is -0.0446. The fourth-order valence-corrected chi connectivity index (χ4v) is 2.62. The Bertz CT molecular complexity index is 426. The van der Waals surface area contributed by atoms with Gasteiger partial charge in [-0.05, 0) is 5.56 Å². The van der Waals surface area contributed by atoms with Gasteiger partial charge in [0, 0.05) is 24.4 Å². The molecule has 1 aromatic carbocycles. The van der Waals surface area contributed by atoms with E-state index in [2.05, 4.69) is 11.4 Å². The van der Waals surface area contributed by atoms with Crippen LogP contribution < -0.4 is 5.32 Å². The van der Waals surface area contributed by atoms with E-state index in [9.17, 15) is 10.4 Å². The largest absolute Gasteiger partial charge is 0.375 e. The number of rotatable bonds is 1. The van der Waals surface area contributed by atoms with Gasteiger partial charge in [0.2, 0.25) is 0 Å². The van der Waals surface area contributed by atoms with Gasteiger partial charge in [-0.3, -0.25) is 0 Å². The molecule has 90 valence electrons. The van der Waals surface area contributed by atoms with Crippen LogP contribution in [0.15, 0.2) is 30.3 Å². The van der Waals surface area contributed by atoms with E-state index in [1.807, 2.05) is 44.2 Å². The predicted octanol–water partition coefficient (Wildman–Crippen LogP) is 1.86. The fourth-order valence-electron chi connectivity index (χ4n) is 2.62. The minimum Gasteiger partial charge on any atom is -0.375 e. The van der Waals surface area contributed by atoms with Crippen molar-refractivity contribution in [3.8, 4) is 6.07 Å². The highest BCUT2D eigenvalue weighted by Crippen LogP contribution is 2.38. The topological polar surface area (TPSA) is 56.0 Å². The van der Waals surface area contributed by atoms with Crippen LogP contribution in [-0.4, -0.2) is 17.3 Å². The lowest BCUT2D eigenvalue weighted by Gasteiger charge is -2.43. The number of hydrogen-bond donors (Lipinski definition) is 2. The summed E-state index contributed by atoms with van der Waals surface area (Å²) in [7, 11) is 0. The van der Waals surface area contributed by atoms with Gasteiger partial charge in [-0.2, -0.15) is 5.26 Å². The first-order chi connectivity index (χ1) is 8.09. The van der Waals surface area contributed by atoms with E-state index in [0.717, 1.165) is 5.56 Å². The highest BCUT2D eigenvalue weighted by atomic mass is 16.3. The van der Waals surface area contributed by atoms with E-state index in [4.69, 9.17) is 0 Å². The minimum absolute atomic E-state index is 0.0389. The smallest absolute Gasteiger partial charge is 0.159 e. The Labute approximate surface area is 102 Å². The fraction of sp³-hybridized carbons (Fsp3) is 0.500. The second-order valence-electron chi connectivity index (χ2n) is 4.92. The molecule has 1 fully saturated rings. The summed E-state index contributed by atoms with van der Waals surface area (Å²) in [4.78, 5) is 0. The SMILES string of the molecule is C[C@@H]1CN[C@H](c2ccccc2)[C@H](C)[C@@]1(O)C#N. The first kappa shape index (κ1) is 12.1. The van der Waals surface area contributed by atoms with Crippen LogP contribution in [0.3, 0.4) is 0 Å². The normalized spacial score (nSPS) is 37.4. The Morgan fingerprint density at radius 3 is 2.59 bits per heavy atom. The summed E-state index contributed by atoms with van der Waals surface area (Å²) in [5, 5.41) is 23.1. The molecule has 1 saturated heterocycles. The van der Waals surface area contributed by atoms with Gasteiger partial charge in [-0.15, -0.1) is 0 Å². The van der Waals surface area contributed by atoms with Gasteiger partial charge in [0.15, 0.2) is 5.60 Å². The molecule has 1 aromatic rings. The number of nitrogens with one attached hydrogen (secondary N) is 1. The molecule has 3 nitrogen and oxygen atoms in total. The zero-order valence-electron chi connectivity index (χ0n) is 10.2. The van der Waals surface area contributed by atoms with Crippen LogP contribution in [-0.2, 0) is 0 Å². The summed E-state index contributed by atoms with van der Waals surface area (Å²) in [6.45, 7) is 4.51. The molecule has 1 heterocycles. The van der Waals surface area contributed by atoms with Gasteiger partial charge in [0.05, 0.1) is 6.07 Å². The van der Waals surface area contributed by atoms with E-state index in [0.29, 0.717) is 6.54 Å². The summed E-state index contributed by atoms with van der Waals surface area (Å²) in [6.07, 6.45) is 0. The van der Waals surface area contributed by atoms with Crippen molar-refractivity contribution in [2.24, 2.45) is 11.8 Å². The number of piperidine rings is 1. The van der Waals surface area contributed by atoms with Crippen LogP contribution in [0, 0.1) is 23.2 Å². The third kappa shape index (κ3) is 1.95. The van der Waals surface area contributed by atoms with Gasteiger partial charge in [-0.25, -0.2) is 0 Å². The molecule has 1 aliphatic heterocycles. The molecule has 0 amide bonds. The van der Waals surface area contributed by atoms with Gasteiger partial charge >= 0.3 is 0 Å². The lowest BCUT2D eigenvalue weighted by Crippen LogP contribution is -2.55. The van der Waals surface area contributed by atoms with Crippen molar-refractivity contribution in [2.75, 3.05) is 6.54 Å². The maximum Gasteiger partial charge on any atom is 0.159 e. The van der Waals surface area contributed by atoms with Crippen molar-refractivity contribution in [1.29, 1.82) is 5.26 Å². The Morgan fingerprint density at radius 1 is 1.35 bits per heavy atom. The second-order valence-corrected chi connectivity index (χ2v) is 4.92. The molecule has 0 spiro atoms. The number of benzene rings is 1. The summed E-state index contributed by atoms with van der Waals surface area (Å²) < 4.78 is 0. The molecule has 0 saturated carbocycles. The van der Waals surface area contributed by atoms with Crippen molar-refractivity contribution in [2.45, 2.75) is 25.5 Å². The second kappa shape index (κ2) is 4.48. The summed E-state index contributed by atoms with van der Waals surface area (Å²) in [5.74, 6) is -0.180. The monoisotopic (exact) mass is 230 g/mol. The molecular weight excluding hydrogens is 212 g/mol. The summed E-state index contributed by atoms with van der Waals surface area (Å²) >= 11 is 0. The van der Waals surface area contributed by atoms with E-state index in [-0.39, 0.29) is 17.9 Å². The van der Waals surface area contributed by atoms with Gasteiger partial charge in [0.1, 0.15) is 0 Å². The van der Waals surface area contributed by atoms with Crippen molar-refractivity contribution in [1.82, 2.24) is 5.32 Å². The van der Waals surface area contributed by atoms with Crippen molar-refractivity contribution in [3.63, 3.8) is 0 Å².